The zero-order valence-electron chi connectivity index (χ0n) is 12.1. The Bertz CT molecular complexity index is 989. The van der Waals surface area contributed by atoms with Crippen molar-refractivity contribution in [2.45, 2.75) is 0 Å². The third-order valence-electron chi connectivity index (χ3n) is 3.76. The summed E-state index contributed by atoms with van der Waals surface area (Å²) in [6.45, 7) is 0. The maximum atomic E-state index is 13.7. The minimum Gasteiger partial charge on any atom is -0.349 e. The molecule has 0 atom stereocenters. The molecule has 1 aliphatic heterocycles. The van der Waals surface area contributed by atoms with E-state index in [0.29, 0.717) is 10.6 Å². The molecule has 1 aromatic heterocycles. The highest BCUT2D eigenvalue weighted by molar-refractivity contribution is 6.21. The van der Waals surface area contributed by atoms with Gasteiger partial charge in [-0.2, -0.15) is 0 Å². The molecule has 0 saturated carbocycles. The number of H-pyrrole nitrogens is 1. The molecule has 1 N–H and O–H groups in total. The van der Waals surface area contributed by atoms with Gasteiger partial charge in [-0.1, -0.05) is 23.3 Å². The Hall–Kier alpha value is -3.48. The Kier molecular flexibility index (Phi) is 2.96. The summed E-state index contributed by atoms with van der Waals surface area (Å²) in [4.78, 5) is 44.1. The van der Waals surface area contributed by atoms with Crippen LogP contribution in [0.4, 0.5) is 4.39 Å². The number of rotatable bonds is 2. The summed E-state index contributed by atoms with van der Waals surface area (Å²) in [7, 11) is 0. The molecule has 2 aromatic carbocycles. The number of nitrogens with zero attached hydrogens (tertiary/aromatic N) is 1. The zero-order chi connectivity index (χ0) is 16.8. The van der Waals surface area contributed by atoms with E-state index in [1.807, 2.05) is 0 Å². The molecule has 7 heteroatoms. The van der Waals surface area contributed by atoms with E-state index in [0.717, 1.165) is 0 Å². The Morgan fingerprint density at radius 2 is 1.67 bits per heavy atom. The third-order valence-corrected chi connectivity index (χ3v) is 3.76. The Balaban J connectivity index is 1.64. The molecule has 0 spiro atoms. The van der Waals surface area contributed by atoms with Gasteiger partial charge in [-0.3, -0.25) is 9.59 Å². The van der Waals surface area contributed by atoms with Gasteiger partial charge in [-0.15, -0.1) is 0 Å². The van der Waals surface area contributed by atoms with Crippen LogP contribution in [-0.4, -0.2) is 27.8 Å². The highest BCUT2D eigenvalue weighted by Gasteiger charge is 2.39. The number of hydroxylamine groups is 2. The molecular weight excluding hydrogens is 315 g/mol. The number of hydrogen-bond acceptors (Lipinski definition) is 4. The molecule has 2 heterocycles. The summed E-state index contributed by atoms with van der Waals surface area (Å²) in [6.07, 6.45) is 0. The number of imide groups is 1. The van der Waals surface area contributed by atoms with Crippen LogP contribution >= 0.6 is 0 Å². The van der Waals surface area contributed by atoms with Crippen LogP contribution in [0.1, 0.15) is 31.2 Å². The number of carbonyl (C=O) groups is 3. The molecule has 3 aromatic rings. The molecule has 0 saturated heterocycles. The lowest BCUT2D eigenvalue weighted by atomic mass is 10.1. The number of fused-ring (bicyclic) bond motifs is 2. The molecule has 0 fully saturated rings. The van der Waals surface area contributed by atoms with Gasteiger partial charge in [0, 0.05) is 10.9 Å². The van der Waals surface area contributed by atoms with Gasteiger partial charge in [0.1, 0.15) is 11.5 Å². The van der Waals surface area contributed by atoms with Gasteiger partial charge in [-0.05, 0) is 30.3 Å². The average Bonchev–Trinajstić information content (AvgIpc) is 3.12. The Morgan fingerprint density at radius 1 is 1.00 bits per heavy atom. The molecule has 1 aliphatic rings. The first kappa shape index (κ1) is 14.1. The van der Waals surface area contributed by atoms with Gasteiger partial charge < -0.3 is 9.82 Å². The quantitative estimate of drug-likeness (QED) is 0.735. The van der Waals surface area contributed by atoms with Crippen molar-refractivity contribution in [1.29, 1.82) is 0 Å². The number of aromatic amines is 1. The van der Waals surface area contributed by atoms with Gasteiger partial charge in [0.05, 0.1) is 11.1 Å². The van der Waals surface area contributed by atoms with Crippen LogP contribution in [0.15, 0.2) is 48.5 Å². The van der Waals surface area contributed by atoms with Crippen LogP contribution < -0.4 is 0 Å². The molecule has 0 bridgehead atoms. The average molecular weight is 324 g/mol. The lowest BCUT2D eigenvalue weighted by molar-refractivity contribution is -0.0587. The van der Waals surface area contributed by atoms with Crippen LogP contribution in [0.25, 0.3) is 10.9 Å². The van der Waals surface area contributed by atoms with E-state index in [-0.39, 0.29) is 22.2 Å². The maximum absolute atomic E-state index is 13.7. The van der Waals surface area contributed by atoms with E-state index in [9.17, 15) is 18.8 Å². The van der Waals surface area contributed by atoms with Crippen molar-refractivity contribution in [2.24, 2.45) is 0 Å². The number of hydrogen-bond donors (Lipinski definition) is 1. The van der Waals surface area contributed by atoms with Crippen LogP contribution in [-0.2, 0) is 4.84 Å². The summed E-state index contributed by atoms with van der Waals surface area (Å²) in [6, 6.07) is 11.8. The molecular formula is C17H9FN2O4. The highest BCUT2D eigenvalue weighted by atomic mass is 19.1. The molecule has 0 unspecified atom stereocenters. The molecule has 4 rings (SSSR count). The largest absolute Gasteiger partial charge is 0.380 e. The van der Waals surface area contributed by atoms with Crippen LogP contribution in [0.2, 0.25) is 0 Å². The topological polar surface area (TPSA) is 79.5 Å². The zero-order valence-corrected chi connectivity index (χ0v) is 12.1. The van der Waals surface area contributed by atoms with Gasteiger partial charge in [0.15, 0.2) is 0 Å². The molecule has 2 amide bonds. The van der Waals surface area contributed by atoms with Crippen molar-refractivity contribution in [2.75, 3.05) is 0 Å². The van der Waals surface area contributed by atoms with Gasteiger partial charge in [0.2, 0.25) is 0 Å². The van der Waals surface area contributed by atoms with Crippen molar-refractivity contribution >= 4 is 28.7 Å². The summed E-state index contributed by atoms with van der Waals surface area (Å²) in [5, 5.41) is 0.626. The first-order valence-electron chi connectivity index (χ1n) is 7.03. The first-order valence-corrected chi connectivity index (χ1v) is 7.03. The van der Waals surface area contributed by atoms with E-state index < -0.39 is 23.6 Å². The normalized spacial score (nSPS) is 13.5. The minimum absolute atomic E-state index is 0.0633. The first-order chi connectivity index (χ1) is 11.6. The van der Waals surface area contributed by atoms with Crippen molar-refractivity contribution in [3.8, 4) is 0 Å². The van der Waals surface area contributed by atoms with Crippen molar-refractivity contribution in [1.82, 2.24) is 10.0 Å². The lowest BCUT2D eigenvalue weighted by Crippen LogP contribution is -2.32. The van der Waals surface area contributed by atoms with E-state index in [4.69, 9.17) is 4.84 Å². The smallest absolute Gasteiger partial charge is 0.349 e. The predicted molar refractivity (Wildman–Crippen MR) is 80.6 cm³/mol. The fourth-order valence-corrected chi connectivity index (χ4v) is 2.61. The minimum atomic E-state index is -0.958. The number of carbonyl (C=O) groups excluding carboxylic acids is 3. The second-order valence-corrected chi connectivity index (χ2v) is 5.21. The predicted octanol–water partition coefficient (Wildman–Crippen LogP) is 2.67. The number of amides is 2. The number of benzene rings is 2. The fourth-order valence-electron chi connectivity index (χ4n) is 2.61. The van der Waals surface area contributed by atoms with Crippen LogP contribution in [0.3, 0.4) is 0 Å². The molecule has 24 heavy (non-hydrogen) atoms. The second kappa shape index (κ2) is 5.02. The van der Waals surface area contributed by atoms with Crippen LogP contribution in [0, 0.1) is 5.82 Å². The Morgan fingerprint density at radius 3 is 2.29 bits per heavy atom. The standard InChI is InChI=1S/C17H9FN2O4/c18-12-6-3-7-13-11(12)8-14(19-13)17(23)24-20-15(21)9-4-1-2-5-10(9)16(20)22/h1-8,19H. The Labute approximate surface area is 134 Å². The summed E-state index contributed by atoms with van der Waals surface area (Å²) < 4.78 is 13.7. The SMILES string of the molecule is O=C(ON1C(=O)c2ccccc2C1=O)c1cc2c(F)cccc2[nH]1. The van der Waals surface area contributed by atoms with Gasteiger partial charge >= 0.3 is 5.97 Å². The van der Waals surface area contributed by atoms with Gasteiger partial charge in [0.25, 0.3) is 11.8 Å². The van der Waals surface area contributed by atoms with E-state index >= 15 is 0 Å². The summed E-state index contributed by atoms with van der Waals surface area (Å²) >= 11 is 0. The van der Waals surface area contributed by atoms with Crippen LogP contribution in [0.5, 0.6) is 0 Å². The monoisotopic (exact) mass is 324 g/mol. The van der Waals surface area contributed by atoms with E-state index in [1.54, 1.807) is 18.2 Å². The van der Waals surface area contributed by atoms with Crippen molar-refractivity contribution in [3.63, 3.8) is 0 Å². The molecule has 0 radical (unpaired) electrons. The van der Waals surface area contributed by atoms with E-state index in [1.165, 1.54) is 30.3 Å². The second-order valence-electron chi connectivity index (χ2n) is 5.21. The molecule has 6 nitrogen and oxygen atoms in total. The number of aromatic nitrogens is 1. The molecule has 0 aliphatic carbocycles. The van der Waals surface area contributed by atoms with Crippen molar-refractivity contribution in [3.05, 3.63) is 71.2 Å². The number of halogens is 1. The summed E-state index contributed by atoms with van der Waals surface area (Å²) in [5.41, 5.74) is 0.673. The third kappa shape index (κ3) is 1.98. The fraction of sp³-hybridized carbons (Fsp3) is 0. The maximum Gasteiger partial charge on any atom is 0.380 e. The van der Waals surface area contributed by atoms with Gasteiger partial charge in [-0.25, -0.2) is 9.18 Å². The van der Waals surface area contributed by atoms with E-state index in [2.05, 4.69) is 4.98 Å². The molecule has 118 valence electrons. The lowest BCUT2D eigenvalue weighted by Gasteiger charge is -2.11. The highest BCUT2D eigenvalue weighted by Crippen LogP contribution is 2.24. The number of nitrogens with one attached hydrogen (secondary N) is 1. The van der Waals surface area contributed by atoms with Crippen molar-refractivity contribution < 1.29 is 23.6 Å². The summed E-state index contributed by atoms with van der Waals surface area (Å²) in [5.74, 6) is -2.89.